The fourth-order valence-electron chi connectivity index (χ4n) is 2.43. The minimum Gasteiger partial charge on any atom is -0.349 e. The number of rotatable bonds is 6. The van der Waals surface area contributed by atoms with Crippen LogP contribution < -0.4 is 0 Å². The molecule has 1 aromatic rings. The maximum Gasteiger partial charge on any atom is 0.225 e. The van der Waals surface area contributed by atoms with Crippen LogP contribution in [0.2, 0.25) is 0 Å². The molecule has 1 aliphatic rings. The molecule has 4 heteroatoms. The topological polar surface area (TPSA) is 46.6 Å². The number of hydrogen-bond acceptors (Lipinski definition) is 3. The second kappa shape index (κ2) is 7.01. The van der Waals surface area contributed by atoms with Gasteiger partial charge in [-0.05, 0) is 18.4 Å². The first kappa shape index (κ1) is 14.5. The van der Waals surface area contributed by atoms with Gasteiger partial charge in [-0.25, -0.2) is 0 Å². The van der Waals surface area contributed by atoms with Gasteiger partial charge in [-0.15, -0.1) is 6.58 Å². The molecule has 1 heterocycles. The van der Waals surface area contributed by atoms with Crippen molar-refractivity contribution in [2.45, 2.75) is 31.5 Å². The van der Waals surface area contributed by atoms with Crippen molar-refractivity contribution >= 4 is 12.2 Å². The third-order valence-electron chi connectivity index (χ3n) is 3.41. The number of allylic oxidation sites excluding steroid dienone is 1. The van der Waals surface area contributed by atoms with Crippen molar-refractivity contribution in [3.63, 3.8) is 0 Å². The molecular formula is C16H19NO3. The van der Waals surface area contributed by atoms with Gasteiger partial charge < -0.3 is 9.64 Å². The molecule has 106 valence electrons. The van der Waals surface area contributed by atoms with Gasteiger partial charge in [-0.3, -0.25) is 9.59 Å². The number of nitrogens with zero attached hydrogens (tertiary/aromatic N) is 1. The molecule has 1 aliphatic heterocycles. The van der Waals surface area contributed by atoms with Gasteiger partial charge in [0.15, 0.2) is 12.5 Å². The summed E-state index contributed by atoms with van der Waals surface area (Å²) in [6, 6.07) is 9.83. The van der Waals surface area contributed by atoms with Crippen molar-refractivity contribution in [2.24, 2.45) is 0 Å². The monoisotopic (exact) mass is 273 g/mol. The molecule has 0 saturated carbocycles. The van der Waals surface area contributed by atoms with Crippen LogP contribution in [0.4, 0.5) is 0 Å². The molecule has 0 N–H and O–H groups in total. The molecule has 1 aromatic carbocycles. The van der Waals surface area contributed by atoms with Crippen LogP contribution in [0.3, 0.4) is 0 Å². The van der Waals surface area contributed by atoms with Gasteiger partial charge in [0.2, 0.25) is 5.91 Å². The molecule has 2 rings (SSSR count). The third-order valence-corrected chi connectivity index (χ3v) is 3.41. The summed E-state index contributed by atoms with van der Waals surface area (Å²) < 4.78 is 5.41. The summed E-state index contributed by atoms with van der Waals surface area (Å²) in [5, 5.41) is 0. The number of aldehydes is 1. The average molecular weight is 273 g/mol. The van der Waals surface area contributed by atoms with E-state index in [-0.39, 0.29) is 11.9 Å². The Balaban J connectivity index is 2.08. The minimum atomic E-state index is -0.749. The third kappa shape index (κ3) is 3.33. The molecule has 0 bridgehead atoms. The van der Waals surface area contributed by atoms with Gasteiger partial charge in [-0.1, -0.05) is 36.4 Å². The Morgan fingerprint density at radius 2 is 2.15 bits per heavy atom. The maximum absolute atomic E-state index is 12.2. The standard InChI is InChI=1S/C16H19NO3/c1-2-3-9-15(19)17-14(12-20-16(17)11-18)10-13-7-5-4-6-8-13/h2,4-8,11,14,16H,1,3,9-10,12H2/t14-,16?/m1/s1. The summed E-state index contributed by atoms with van der Waals surface area (Å²) in [5.41, 5.74) is 1.13. The number of amides is 1. The highest BCUT2D eigenvalue weighted by Crippen LogP contribution is 2.21. The van der Waals surface area contributed by atoms with E-state index in [1.807, 2.05) is 30.3 Å². The predicted octanol–water partition coefficient (Wildman–Crippen LogP) is 1.95. The molecule has 0 aliphatic carbocycles. The molecule has 0 spiro atoms. The normalized spacial score (nSPS) is 21.7. The van der Waals surface area contributed by atoms with E-state index in [1.165, 1.54) is 0 Å². The SMILES string of the molecule is C=CCCC(=O)N1C(C=O)OC[C@H]1Cc1ccccc1. The van der Waals surface area contributed by atoms with Crippen LogP contribution >= 0.6 is 0 Å². The van der Waals surface area contributed by atoms with Gasteiger partial charge in [-0.2, -0.15) is 0 Å². The summed E-state index contributed by atoms with van der Waals surface area (Å²) in [6.07, 6.45) is 3.32. The summed E-state index contributed by atoms with van der Waals surface area (Å²) in [5.74, 6) is -0.0552. The van der Waals surface area contributed by atoms with E-state index in [2.05, 4.69) is 6.58 Å². The molecule has 0 aromatic heterocycles. The van der Waals surface area contributed by atoms with Crippen LogP contribution in [-0.4, -0.2) is 36.0 Å². The lowest BCUT2D eigenvalue weighted by molar-refractivity contribution is -0.142. The quantitative estimate of drug-likeness (QED) is 0.588. The minimum absolute atomic E-state index is 0.0552. The van der Waals surface area contributed by atoms with Gasteiger partial charge in [0.05, 0.1) is 12.6 Å². The molecule has 1 unspecified atom stereocenters. The summed E-state index contributed by atoms with van der Waals surface area (Å²) in [4.78, 5) is 24.8. The number of carbonyl (C=O) groups is 2. The maximum atomic E-state index is 12.2. The van der Waals surface area contributed by atoms with Gasteiger partial charge in [0, 0.05) is 6.42 Å². The average Bonchev–Trinajstić information content (AvgIpc) is 2.88. The second-order valence-electron chi connectivity index (χ2n) is 4.83. The molecule has 1 saturated heterocycles. The van der Waals surface area contributed by atoms with Crippen LogP contribution in [-0.2, 0) is 20.7 Å². The van der Waals surface area contributed by atoms with Crippen LogP contribution in [0, 0.1) is 0 Å². The van der Waals surface area contributed by atoms with Gasteiger partial charge in [0.1, 0.15) is 0 Å². The lowest BCUT2D eigenvalue weighted by atomic mass is 10.1. The summed E-state index contributed by atoms with van der Waals surface area (Å²) in [6.45, 7) is 4.01. The lowest BCUT2D eigenvalue weighted by Gasteiger charge is -2.25. The fourth-order valence-corrected chi connectivity index (χ4v) is 2.43. The number of hydrogen-bond donors (Lipinski definition) is 0. The van der Waals surface area contributed by atoms with Crippen LogP contribution in [0.5, 0.6) is 0 Å². The molecule has 1 fully saturated rings. The number of carbonyl (C=O) groups excluding carboxylic acids is 2. The Hall–Kier alpha value is -1.94. The Bertz CT molecular complexity index is 472. The summed E-state index contributed by atoms with van der Waals surface area (Å²) >= 11 is 0. The zero-order valence-corrected chi connectivity index (χ0v) is 11.4. The lowest BCUT2D eigenvalue weighted by Crippen LogP contribution is -2.43. The smallest absolute Gasteiger partial charge is 0.225 e. The van der Waals surface area contributed by atoms with Crippen LogP contribution in [0.15, 0.2) is 43.0 Å². The Labute approximate surface area is 119 Å². The van der Waals surface area contributed by atoms with Crippen molar-refractivity contribution in [1.82, 2.24) is 4.90 Å². The van der Waals surface area contributed by atoms with Crippen LogP contribution in [0.1, 0.15) is 18.4 Å². The number of ether oxygens (including phenoxy) is 1. The predicted molar refractivity (Wildman–Crippen MR) is 76.0 cm³/mol. The van der Waals surface area contributed by atoms with Crippen molar-refractivity contribution in [3.05, 3.63) is 48.6 Å². The van der Waals surface area contributed by atoms with Crippen molar-refractivity contribution in [2.75, 3.05) is 6.61 Å². The van der Waals surface area contributed by atoms with E-state index in [9.17, 15) is 9.59 Å². The number of benzene rings is 1. The zero-order chi connectivity index (χ0) is 14.4. The molecular weight excluding hydrogens is 254 g/mol. The molecule has 1 amide bonds. The first-order chi connectivity index (χ1) is 9.76. The van der Waals surface area contributed by atoms with Crippen molar-refractivity contribution in [1.29, 1.82) is 0 Å². The van der Waals surface area contributed by atoms with Crippen LogP contribution in [0.25, 0.3) is 0 Å². The van der Waals surface area contributed by atoms with E-state index in [0.29, 0.717) is 32.2 Å². The Morgan fingerprint density at radius 3 is 2.80 bits per heavy atom. The first-order valence-electron chi connectivity index (χ1n) is 6.79. The fraction of sp³-hybridized carbons (Fsp3) is 0.375. The zero-order valence-electron chi connectivity index (χ0n) is 11.4. The highest BCUT2D eigenvalue weighted by Gasteiger charge is 2.37. The molecule has 4 nitrogen and oxygen atoms in total. The largest absolute Gasteiger partial charge is 0.349 e. The molecule has 2 atom stereocenters. The molecule has 0 radical (unpaired) electrons. The summed E-state index contributed by atoms with van der Waals surface area (Å²) in [7, 11) is 0. The highest BCUT2D eigenvalue weighted by atomic mass is 16.5. The van der Waals surface area contributed by atoms with Gasteiger partial charge >= 0.3 is 0 Å². The first-order valence-corrected chi connectivity index (χ1v) is 6.79. The van der Waals surface area contributed by atoms with E-state index in [0.717, 1.165) is 5.56 Å². The Morgan fingerprint density at radius 1 is 1.40 bits per heavy atom. The second-order valence-corrected chi connectivity index (χ2v) is 4.83. The Kier molecular flexibility index (Phi) is 5.07. The van der Waals surface area contributed by atoms with Crippen molar-refractivity contribution in [3.8, 4) is 0 Å². The van der Waals surface area contributed by atoms with Gasteiger partial charge in [0.25, 0.3) is 0 Å². The van der Waals surface area contributed by atoms with E-state index >= 15 is 0 Å². The van der Waals surface area contributed by atoms with Crippen molar-refractivity contribution < 1.29 is 14.3 Å². The van der Waals surface area contributed by atoms with E-state index in [4.69, 9.17) is 4.74 Å². The van der Waals surface area contributed by atoms with E-state index in [1.54, 1.807) is 11.0 Å². The molecule has 20 heavy (non-hydrogen) atoms. The highest BCUT2D eigenvalue weighted by molar-refractivity contribution is 5.80. The van der Waals surface area contributed by atoms with E-state index < -0.39 is 6.23 Å².